The lowest BCUT2D eigenvalue weighted by Crippen LogP contribution is -2.54. The van der Waals surface area contributed by atoms with Crippen LogP contribution in [0, 0.1) is 5.92 Å². The van der Waals surface area contributed by atoms with Crippen molar-refractivity contribution in [3.8, 4) is 11.3 Å². The molecule has 0 bridgehead atoms. The van der Waals surface area contributed by atoms with Gasteiger partial charge in [0, 0.05) is 43.6 Å². The largest absolute Gasteiger partial charge is 0.323 e. The normalized spacial score (nSPS) is 25.8. The number of rotatable bonds is 2. The first-order valence-electron chi connectivity index (χ1n) is 7.84. The summed E-state index contributed by atoms with van der Waals surface area (Å²) in [4.78, 5) is 18.8. The van der Waals surface area contributed by atoms with Gasteiger partial charge in [-0.2, -0.15) is 5.10 Å². The molecular formula is C16H20N6O. The van der Waals surface area contributed by atoms with Gasteiger partial charge >= 0.3 is 6.03 Å². The van der Waals surface area contributed by atoms with Crippen molar-refractivity contribution in [2.75, 3.05) is 18.4 Å². The third-order valence-electron chi connectivity index (χ3n) is 5.01. The Kier molecular flexibility index (Phi) is 3.12. The second-order valence-electron chi connectivity index (χ2n) is 6.58. The predicted molar refractivity (Wildman–Crippen MR) is 86.7 cm³/mol. The molecule has 1 aliphatic heterocycles. The van der Waals surface area contributed by atoms with Crippen LogP contribution in [0.15, 0.2) is 30.7 Å². The van der Waals surface area contributed by atoms with E-state index in [1.165, 1.54) is 0 Å². The number of hydrogen-bond donors (Lipinski definition) is 2. The van der Waals surface area contributed by atoms with E-state index >= 15 is 0 Å². The van der Waals surface area contributed by atoms with Crippen molar-refractivity contribution in [2.24, 2.45) is 18.7 Å². The van der Waals surface area contributed by atoms with Gasteiger partial charge in [0.15, 0.2) is 0 Å². The molecule has 2 aromatic rings. The van der Waals surface area contributed by atoms with Crippen molar-refractivity contribution in [2.45, 2.75) is 18.4 Å². The maximum absolute atomic E-state index is 12.6. The lowest BCUT2D eigenvalue weighted by atomic mass is 9.70. The molecule has 1 aliphatic carbocycles. The topological polar surface area (TPSA) is 89.1 Å². The zero-order chi connectivity index (χ0) is 16.0. The number of carbonyl (C=O) groups is 1. The Bertz CT molecular complexity index is 757. The number of pyridine rings is 1. The first kappa shape index (κ1) is 14.2. The smallest absolute Gasteiger partial charge is 0.321 e. The van der Waals surface area contributed by atoms with E-state index in [4.69, 9.17) is 5.73 Å². The van der Waals surface area contributed by atoms with E-state index in [1.54, 1.807) is 17.1 Å². The van der Waals surface area contributed by atoms with Crippen LogP contribution in [-0.4, -0.2) is 44.3 Å². The zero-order valence-corrected chi connectivity index (χ0v) is 13.1. The molecule has 7 heteroatoms. The highest BCUT2D eigenvalue weighted by Gasteiger charge is 2.51. The fourth-order valence-electron chi connectivity index (χ4n) is 3.52. The molecule has 3 heterocycles. The van der Waals surface area contributed by atoms with E-state index < -0.39 is 0 Å². The molecule has 0 radical (unpaired) electrons. The van der Waals surface area contributed by atoms with Crippen LogP contribution in [-0.2, 0) is 7.05 Å². The van der Waals surface area contributed by atoms with E-state index in [1.807, 2.05) is 30.3 Å². The second-order valence-corrected chi connectivity index (χ2v) is 6.58. The number of hydrogen-bond acceptors (Lipinski definition) is 4. The molecule has 120 valence electrons. The molecule has 2 fully saturated rings. The molecule has 2 aromatic heterocycles. The van der Waals surface area contributed by atoms with Crippen LogP contribution in [0.1, 0.15) is 12.8 Å². The molecule has 0 aromatic carbocycles. The van der Waals surface area contributed by atoms with E-state index in [9.17, 15) is 4.79 Å². The number of aryl methyl sites for hydroxylation is 1. The number of anilines is 1. The first-order valence-corrected chi connectivity index (χ1v) is 7.84. The summed E-state index contributed by atoms with van der Waals surface area (Å²) in [5.41, 5.74) is 8.43. The van der Waals surface area contributed by atoms with Gasteiger partial charge in [-0.1, -0.05) is 0 Å². The van der Waals surface area contributed by atoms with Gasteiger partial charge in [0.1, 0.15) is 0 Å². The van der Waals surface area contributed by atoms with Gasteiger partial charge in [-0.3, -0.25) is 9.67 Å². The minimum Gasteiger partial charge on any atom is -0.323 e. The summed E-state index contributed by atoms with van der Waals surface area (Å²) in [6.45, 7) is 1.37. The van der Waals surface area contributed by atoms with Crippen molar-refractivity contribution >= 4 is 11.7 Å². The average molecular weight is 312 g/mol. The van der Waals surface area contributed by atoms with Crippen molar-refractivity contribution < 1.29 is 4.79 Å². The number of nitrogens with one attached hydrogen (secondary N) is 1. The van der Waals surface area contributed by atoms with Gasteiger partial charge in [-0.25, -0.2) is 4.79 Å². The molecule has 1 saturated heterocycles. The van der Waals surface area contributed by atoms with Gasteiger partial charge in [0.05, 0.1) is 17.6 Å². The highest BCUT2D eigenvalue weighted by Crippen LogP contribution is 2.42. The summed E-state index contributed by atoms with van der Waals surface area (Å²) in [5.74, 6) is 0.444. The van der Waals surface area contributed by atoms with Crippen molar-refractivity contribution in [3.63, 3.8) is 0 Å². The van der Waals surface area contributed by atoms with Crippen molar-refractivity contribution in [1.29, 1.82) is 0 Å². The van der Waals surface area contributed by atoms with Gasteiger partial charge in [0.25, 0.3) is 0 Å². The highest BCUT2D eigenvalue weighted by molar-refractivity contribution is 5.93. The molecule has 2 amide bonds. The van der Waals surface area contributed by atoms with E-state index in [0.717, 1.165) is 30.6 Å². The zero-order valence-electron chi connectivity index (χ0n) is 13.1. The minimum atomic E-state index is -0.168. The van der Waals surface area contributed by atoms with Crippen LogP contribution >= 0.6 is 0 Å². The number of nitrogens with zero attached hydrogens (tertiary/aromatic N) is 4. The SMILES string of the molecule is Cn1cc(-c2ncccc2NC(=O)N2C[C@@H]3CC[C@]3(N)C2)cn1. The summed E-state index contributed by atoms with van der Waals surface area (Å²) in [6.07, 6.45) is 7.46. The Morgan fingerprint density at radius 2 is 2.39 bits per heavy atom. The van der Waals surface area contributed by atoms with Crippen LogP contribution in [0.4, 0.5) is 10.5 Å². The van der Waals surface area contributed by atoms with Crippen LogP contribution in [0.3, 0.4) is 0 Å². The monoisotopic (exact) mass is 312 g/mol. The molecule has 3 N–H and O–H groups in total. The number of carbonyl (C=O) groups excluding carboxylic acids is 1. The molecule has 23 heavy (non-hydrogen) atoms. The molecule has 1 saturated carbocycles. The fourth-order valence-corrected chi connectivity index (χ4v) is 3.52. The van der Waals surface area contributed by atoms with Gasteiger partial charge < -0.3 is 16.0 Å². The number of urea groups is 1. The summed E-state index contributed by atoms with van der Waals surface area (Å²) in [7, 11) is 1.85. The van der Waals surface area contributed by atoms with Crippen LogP contribution < -0.4 is 11.1 Å². The fraction of sp³-hybridized carbons (Fsp3) is 0.438. The molecular weight excluding hydrogens is 292 g/mol. The Labute approximate surface area is 134 Å². The molecule has 0 unspecified atom stereocenters. The lowest BCUT2D eigenvalue weighted by Gasteiger charge is -2.39. The second kappa shape index (κ2) is 5.06. The maximum Gasteiger partial charge on any atom is 0.321 e. The summed E-state index contributed by atoms with van der Waals surface area (Å²) in [5, 5.41) is 7.14. The Morgan fingerprint density at radius 3 is 3.00 bits per heavy atom. The van der Waals surface area contributed by atoms with Gasteiger partial charge in [0.2, 0.25) is 0 Å². The Hall–Kier alpha value is -2.41. The van der Waals surface area contributed by atoms with Gasteiger partial charge in [-0.15, -0.1) is 0 Å². The average Bonchev–Trinajstić information content (AvgIpc) is 3.05. The van der Waals surface area contributed by atoms with Crippen LogP contribution in [0.5, 0.6) is 0 Å². The maximum atomic E-state index is 12.6. The standard InChI is InChI=1S/C16H20N6O/c1-21-8-11(7-19-21)14-13(3-2-6-18-14)20-15(23)22-9-12-4-5-16(12,17)10-22/h2-3,6-8,12H,4-5,9-10,17H2,1H3,(H,20,23)/t12-,16-/m0/s1. The van der Waals surface area contributed by atoms with Crippen LogP contribution in [0.25, 0.3) is 11.3 Å². The number of fused-ring (bicyclic) bond motifs is 1. The molecule has 4 rings (SSSR count). The number of likely N-dealkylation sites (tertiary alicyclic amines) is 1. The van der Waals surface area contributed by atoms with Crippen molar-refractivity contribution in [3.05, 3.63) is 30.7 Å². The lowest BCUT2D eigenvalue weighted by molar-refractivity contribution is 0.188. The number of amides is 2. The van der Waals surface area contributed by atoms with E-state index in [-0.39, 0.29) is 11.6 Å². The molecule has 2 aliphatic rings. The molecule has 7 nitrogen and oxygen atoms in total. The molecule has 2 atom stereocenters. The number of aromatic nitrogens is 3. The van der Waals surface area contributed by atoms with E-state index in [2.05, 4.69) is 15.4 Å². The molecule has 0 spiro atoms. The third kappa shape index (κ3) is 2.37. The predicted octanol–water partition coefficient (Wildman–Crippen LogP) is 1.44. The van der Waals surface area contributed by atoms with E-state index in [0.29, 0.717) is 18.2 Å². The van der Waals surface area contributed by atoms with Gasteiger partial charge in [-0.05, 0) is 30.9 Å². The summed E-state index contributed by atoms with van der Waals surface area (Å²) >= 11 is 0. The first-order chi connectivity index (χ1) is 11.0. The van der Waals surface area contributed by atoms with Crippen LogP contribution in [0.2, 0.25) is 0 Å². The number of nitrogens with two attached hydrogens (primary N) is 1. The minimum absolute atomic E-state index is 0.109. The summed E-state index contributed by atoms with van der Waals surface area (Å²) < 4.78 is 1.71. The quantitative estimate of drug-likeness (QED) is 0.878. The Morgan fingerprint density at radius 1 is 1.52 bits per heavy atom. The Balaban J connectivity index is 1.54. The van der Waals surface area contributed by atoms with Crippen molar-refractivity contribution in [1.82, 2.24) is 19.7 Å². The third-order valence-corrected chi connectivity index (χ3v) is 5.01. The highest BCUT2D eigenvalue weighted by atomic mass is 16.2. The summed E-state index contributed by atoms with van der Waals surface area (Å²) in [6, 6.07) is 3.56.